The molecule has 4 heterocycles. The Kier molecular flexibility index (Phi) is 4.94. The number of aryl methyl sites for hydroxylation is 1. The summed E-state index contributed by atoms with van der Waals surface area (Å²) in [5.41, 5.74) is 2.26. The van der Waals surface area contributed by atoms with E-state index in [1.807, 2.05) is 0 Å². The summed E-state index contributed by atoms with van der Waals surface area (Å²) in [6.07, 6.45) is 6.07. The van der Waals surface area contributed by atoms with Gasteiger partial charge in [0.05, 0.1) is 51.6 Å². The van der Waals surface area contributed by atoms with Crippen LogP contribution in [0.25, 0.3) is 4.83 Å². The largest absolute Gasteiger partial charge is 0.324 e. The number of thiazole rings is 1. The van der Waals surface area contributed by atoms with Gasteiger partial charge in [0.25, 0.3) is 5.91 Å². The summed E-state index contributed by atoms with van der Waals surface area (Å²) < 4.78 is 2.55. The minimum atomic E-state index is -0.270. The van der Waals surface area contributed by atoms with Gasteiger partial charge in [0.2, 0.25) is 5.91 Å². The smallest absolute Gasteiger partial charge is 0.260 e. The maximum atomic E-state index is 12.7. The molecule has 1 fully saturated rings. The monoisotopic (exact) mass is 448 g/mol. The van der Waals surface area contributed by atoms with Gasteiger partial charge in [-0.15, -0.1) is 11.3 Å². The zero-order chi connectivity index (χ0) is 19.0. The Hall–Kier alpha value is -2.30. The standard InChI is InChI=1S/C17H17BrN6O2S/c1-10-13(5-11(6-19-10)21-15(25)9-23-3-2-4-23)22-16(26)12-7-20-24-8-14(18)27-17(12)24/h5-8H,2-4,9H2,1H3,(H,21,25)(H,22,26). The van der Waals surface area contributed by atoms with E-state index in [9.17, 15) is 9.59 Å². The quantitative estimate of drug-likeness (QED) is 0.625. The Bertz CT molecular complexity index is 1030. The van der Waals surface area contributed by atoms with Gasteiger partial charge in [-0.1, -0.05) is 0 Å². The van der Waals surface area contributed by atoms with Crippen LogP contribution >= 0.6 is 27.3 Å². The predicted octanol–water partition coefficient (Wildman–Crippen LogP) is 2.76. The Morgan fingerprint density at radius 2 is 2.11 bits per heavy atom. The first-order valence-corrected chi connectivity index (χ1v) is 10.0. The van der Waals surface area contributed by atoms with E-state index in [0.717, 1.165) is 28.1 Å². The van der Waals surface area contributed by atoms with Crippen molar-refractivity contribution >= 4 is 55.3 Å². The number of aromatic nitrogens is 3. The first kappa shape index (κ1) is 18.1. The highest BCUT2D eigenvalue weighted by molar-refractivity contribution is 9.11. The van der Waals surface area contributed by atoms with Gasteiger partial charge in [0.15, 0.2) is 0 Å². The fraction of sp³-hybridized carbons (Fsp3) is 0.294. The van der Waals surface area contributed by atoms with E-state index in [1.54, 1.807) is 29.9 Å². The minimum Gasteiger partial charge on any atom is -0.324 e. The number of likely N-dealkylation sites (tertiary alicyclic amines) is 1. The van der Waals surface area contributed by atoms with Crippen LogP contribution in [0.1, 0.15) is 22.5 Å². The van der Waals surface area contributed by atoms with Crippen LogP contribution in [0.15, 0.2) is 28.4 Å². The molecule has 1 aliphatic rings. The lowest BCUT2D eigenvalue weighted by molar-refractivity contribution is -0.118. The molecule has 2 amide bonds. The third kappa shape index (κ3) is 3.87. The molecule has 0 unspecified atom stereocenters. The number of amides is 2. The Balaban J connectivity index is 1.49. The van der Waals surface area contributed by atoms with Crippen molar-refractivity contribution in [3.05, 3.63) is 39.7 Å². The van der Waals surface area contributed by atoms with Crippen molar-refractivity contribution < 1.29 is 9.59 Å². The molecule has 0 aromatic carbocycles. The molecular formula is C17H17BrN6O2S. The van der Waals surface area contributed by atoms with Crippen molar-refractivity contribution in [3.8, 4) is 0 Å². The number of nitrogens with one attached hydrogen (secondary N) is 2. The van der Waals surface area contributed by atoms with Crippen LogP contribution in [0.4, 0.5) is 11.4 Å². The first-order chi connectivity index (χ1) is 13.0. The summed E-state index contributed by atoms with van der Waals surface area (Å²) in [5, 5.41) is 9.88. The van der Waals surface area contributed by atoms with Crippen LogP contribution in [-0.4, -0.2) is 50.9 Å². The zero-order valence-electron chi connectivity index (χ0n) is 14.5. The van der Waals surface area contributed by atoms with Crippen molar-refractivity contribution in [1.29, 1.82) is 0 Å². The van der Waals surface area contributed by atoms with Crippen molar-refractivity contribution in [2.24, 2.45) is 0 Å². The number of rotatable bonds is 5. The van der Waals surface area contributed by atoms with Crippen LogP contribution in [0.5, 0.6) is 0 Å². The number of pyridine rings is 1. The first-order valence-electron chi connectivity index (χ1n) is 8.42. The molecule has 3 aromatic rings. The molecule has 27 heavy (non-hydrogen) atoms. The molecular weight excluding hydrogens is 432 g/mol. The van der Waals surface area contributed by atoms with Gasteiger partial charge < -0.3 is 10.6 Å². The molecule has 1 saturated heterocycles. The van der Waals surface area contributed by atoms with Crippen LogP contribution in [0.2, 0.25) is 0 Å². The molecule has 8 nitrogen and oxygen atoms in total. The molecule has 0 radical (unpaired) electrons. The molecule has 4 rings (SSSR count). The SMILES string of the molecule is Cc1ncc(NC(=O)CN2CCC2)cc1NC(=O)c1cnn2cc(Br)sc12. The van der Waals surface area contributed by atoms with Gasteiger partial charge in [0, 0.05) is 0 Å². The number of carbonyl (C=O) groups excluding carboxylic acids is 2. The molecule has 140 valence electrons. The van der Waals surface area contributed by atoms with E-state index in [0.29, 0.717) is 29.2 Å². The van der Waals surface area contributed by atoms with Crippen LogP contribution in [0, 0.1) is 6.92 Å². The van der Waals surface area contributed by atoms with Crippen molar-refractivity contribution in [2.45, 2.75) is 13.3 Å². The maximum absolute atomic E-state index is 12.7. The van der Waals surface area contributed by atoms with E-state index < -0.39 is 0 Å². The van der Waals surface area contributed by atoms with Gasteiger partial charge >= 0.3 is 0 Å². The van der Waals surface area contributed by atoms with Crippen molar-refractivity contribution in [1.82, 2.24) is 19.5 Å². The van der Waals surface area contributed by atoms with E-state index in [4.69, 9.17) is 0 Å². The number of hydrogen-bond acceptors (Lipinski definition) is 6. The highest BCUT2D eigenvalue weighted by atomic mass is 79.9. The predicted molar refractivity (Wildman–Crippen MR) is 107 cm³/mol. The molecule has 0 bridgehead atoms. The summed E-state index contributed by atoms with van der Waals surface area (Å²) in [6.45, 7) is 4.09. The van der Waals surface area contributed by atoms with Gasteiger partial charge in [-0.25, -0.2) is 4.52 Å². The van der Waals surface area contributed by atoms with E-state index >= 15 is 0 Å². The summed E-state index contributed by atoms with van der Waals surface area (Å²) in [4.78, 5) is 31.9. The maximum Gasteiger partial charge on any atom is 0.260 e. The van der Waals surface area contributed by atoms with E-state index in [-0.39, 0.29) is 11.8 Å². The molecule has 3 aromatic heterocycles. The molecule has 0 aliphatic carbocycles. The van der Waals surface area contributed by atoms with E-state index in [2.05, 4.69) is 41.5 Å². The highest BCUT2D eigenvalue weighted by Crippen LogP contribution is 2.27. The van der Waals surface area contributed by atoms with Crippen molar-refractivity contribution in [2.75, 3.05) is 30.3 Å². The molecule has 2 N–H and O–H groups in total. The average Bonchev–Trinajstić information content (AvgIpc) is 3.13. The second-order valence-electron chi connectivity index (χ2n) is 6.33. The zero-order valence-corrected chi connectivity index (χ0v) is 16.9. The molecule has 10 heteroatoms. The lowest BCUT2D eigenvalue weighted by atomic mass is 10.2. The Labute approximate surface area is 167 Å². The number of halogens is 1. The van der Waals surface area contributed by atoms with Gasteiger partial charge in [-0.05, 0) is 48.4 Å². The molecule has 1 aliphatic heterocycles. The number of carbonyl (C=O) groups is 2. The second-order valence-corrected chi connectivity index (χ2v) is 8.74. The Morgan fingerprint density at radius 3 is 2.85 bits per heavy atom. The van der Waals surface area contributed by atoms with E-state index in [1.165, 1.54) is 17.5 Å². The van der Waals surface area contributed by atoms with Gasteiger partial charge in [-0.2, -0.15) is 5.10 Å². The third-order valence-corrected chi connectivity index (χ3v) is 5.94. The van der Waals surface area contributed by atoms with Gasteiger partial charge in [-0.3, -0.25) is 19.5 Å². The number of hydrogen-bond donors (Lipinski definition) is 2. The Morgan fingerprint density at radius 1 is 1.30 bits per heavy atom. The van der Waals surface area contributed by atoms with Gasteiger partial charge in [0.1, 0.15) is 4.83 Å². The molecule has 0 saturated carbocycles. The normalized spacial score (nSPS) is 14.1. The molecule has 0 atom stereocenters. The number of nitrogens with zero attached hydrogens (tertiary/aromatic N) is 4. The van der Waals surface area contributed by atoms with Crippen LogP contribution in [0.3, 0.4) is 0 Å². The molecule has 0 spiro atoms. The van der Waals surface area contributed by atoms with Crippen molar-refractivity contribution in [3.63, 3.8) is 0 Å². The van der Waals surface area contributed by atoms with Crippen LogP contribution < -0.4 is 10.6 Å². The number of fused-ring (bicyclic) bond motifs is 1. The minimum absolute atomic E-state index is 0.0839. The lowest BCUT2D eigenvalue weighted by Crippen LogP contribution is -2.42. The second kappa shape index (κ2) is 7.37. The summed E-state index contributed by atoms with van der Waals surface area (Å²) >= 11 is 4.83. The summed E-state index contributed by atoms with van der Waals surface area (Å²) in [5.74, 6) is -0.354. The fourth-order valence-corrected chi connectivity index (χ4v) is 4.22. The fourth-order valence-electron chi connectivity index (χ4n) is 2.78. The van der Waals surface area contributed by atoms with Crippen LogP contribution in [-0.2, 0) is 4.79 Å². The third-order valence-electron chi connectivity index (χ3n) is 4.35. The summed E-state index contributed by atoms with van der Waals surface area (Å²) in [7, 11) is 0. The number of anilines is 2. The highest BCUT2D eigenvalue weighted by Gasteiger charge is 2.19. The average molecular weight is 449 g/mol. The lowest BCUT2D eigenvalue weighted by Gasteiger charge is -2.29. The summed E-state index contributed by atoms with van der Waals surface area (Å²) in [6, 6.07) is 1.72. The topological polar surface area (TPSA) is 91.6 Å².